The van der Waals surface area contributed by atoms with Gasteiger partial charge in [-0.05, 0) is 18.4 Å². The van der Waals surface area contributed by atoms with Crippen molar-refractivity contribution in [3.05, 3.63) is 39.4 Å². The number of rotatable bonds is 15. The summed E-state index contributed by atoms with van der Waals surface area (Å²) in [7, 11) is -4.38. The van der Waals surface area contributed by atoms with Gasteiger partial charge in [0.2, 0.25) is 0 Å². The molecular formula is C19H32N2O5S. The molecule has 0 spiro atoms. The molecule has 0 radical (unpaired) electrons. The van der Waals surface area contributed by atoms with Crippen molar-refractivity contribution in [2.24, 2.45) is 0 Å². The molecule has 154 valence electrons. The van der Waals surface area contributed by atoms with Crippen LogP contribution in [0.5, 0.6) is 0 Å². The van der Waals surface area contributed by atoms with Crippen molar-refractivity contribution in [2.75, 3.05) is 0 Å². The highest BCUT2D eigenvalue weighted by Crippen LogP contribution is 2.22. The molecule has 0 fully saturated rings. The van der Waals surface area contributed by atoms with Gasteiger partial charge in [-0.1, -0.05) is 76.8 Å². The van der Waals surface area contributed by atoms with Crippen LogP contribution >= 0.6 is 0 Å². The normalized spacial score (nSPS) is 11.6. The van der Waals surface area contributed by atoms with Gasteiger partial charge in [0.1, 0.15) is 0 Å². The van der Waals surface area contributed by atoms with Crippen LogP contribution in [-0.4, -0.2) is 17.9 Å². The van der Waals surface area contributed by atoms with E-state index in [1.165, 1.54) is 57.4 Å². The Labute approximate surface area is 162 Å². The Balaban J connectivity index is 2.35. The van der Waals surface area contributed by atoms with E-state index in [0.29, 0.717) is 0 Å². The molecule has 0 aliphatic carbocycles. The van der Waals surface area contributed by atoms with E-state index in [-0.39, 0.29) is 17.8 Å². The largest absolute Gasteiger partial charge is 0.333 e. The SMILES string of the molecule is CCCCCCCCCCCCc1ccc(CNS(=O)(=O)O)c([N+](=O)[O-])c1. The molecule has 0 aromatic heterocycles. The number of hydrogen-bond acceptors (Lipinski definition) is 4. The minimum absolute atomic E-state index is 0.129. The van der Waals surface area contributed by atoms with Gasteiger partial charge in [0.05, 0.1) is 4.92 Å². The molecule has 1 aromatic carbocycles. The second kappa shape index (κ2) is 12.8. The summed E-state index contributed by atoms with van der Waals surface area (Å²) in [4.78, 5) is 10.7. The highest BCUT2D eigenvalue weighted by Gasteiger charge is 2.16. The zero-order valence-corrected chi connectivity index (χ0v) is 17.0. The van der Waals surface area contributed by atoms with Gasteiger partial charge in [0.25, 0.3) is 5.69 Å². The van der Waals surface area contributed by atoms with Crippen LogP contribution in [-0.2, 0) is 23.3 Å². The number of nitro benzene ring substituents is 1. The van der Waals surface area contributed by atoms with Gasteiger partial charge in [-0.3, -0.25) is 14.7 Å². The van der Waals surface area contributed by atoms with E-state index in [9.17, 15) is 18.5 Å². The third-order valence-corrected chi connectivity index (χ3v) is 5.12. The molecule has 0 saturated heterocycles. The maximum atomic E-state index is 11.2. The molecule has 1 rings (SSSR count). The topological polar surface area (TPSA) is 110 Å². The van der Waals surface area contributed by atoms with Crippen molar-refractivity contribution < 1.29 is 17.9 Å². The number of nitrogens with zero attached hydrogens (tertiary/aromatic N) is 1. The number of unbranched alkanes of at least 4 members (excludes halogenated alkanes) is 9. The zero-order chi connectivity index (χ0) is 20.1. The van der Waals surface area contributed by atoms with E-state index in [1.807, 2.05) is 4.72 Å². The molecule has 1 aromatic rings. The van der Waals surface area contributed by atoms with Crippen LogP contribution in [0.2, 0.25) is 0 Å². The van der Waals surface area contributed by atoms with E-state index in [4.69, 9.17) is 4.55 Å². The molecule has 0 bridgehead atoms. The van der Waals surface area contributed by atoms with Crippen LogP contribution in [0.4, 0.5) is 5.69 Å². The number of nitrogens with one attached hydrogen (secondary N) is 1. The van der Waals surface area contributed by atoms with Crippen LogP contribution in [0.1, 0.15) is 82.3 Å². The monoisotopic (exact) mass is 400 g/mol. The van der Waals surface area contributed by atoms with Crippen LogP contribution in [0.3, 0.4) is 0 Å². The molecule has 0 atom stereocenters. The minimum Gasteiger partial charge on any atom is -0.273 e. The molecule has 0 saturated carbocycles. The van der Waals surface area contributed by atoms with Gasteiger partial charge in [-0.2, -0.15) is 13.1 Å². The molecule has 0 unspecified atom stereocenters. The Hall–Kier alpha value is -1.51. The van der Waals surface area contributed by atoms with Gasteiger partial charge >= 0.3 is 10.3 Å². The van der Waals surface area contributed by atoms with Crippen molar-refractivity contribution in [3.63, 3.8) is 0 Å². The Bertz CT molecular complexity index is 677. The average Bonchev–Trinajstić information content (AvgIpc) is 2.61. The van der Waals surface area contributed by atoms with Crippen molar-refractivity contribution in [1.82, 2.24) is 4.72 Å². The molecule has 0 amide bonds. The number of hydrogen-bond donors (Lipinski definition) is 2. The first-order valence-corrected chi connectivity index (χ1v) is 11.3. The van der Waals surface area contributed by atoms with E-state index in [2.05, 4.69) is 6.92 Å². The first-order valence-electron chi connectivity index (χ1n) is 9.81. The van der Waals surface area contributed by atoms with Crippen molar-refractivity contribution >= 4 is 16.0 Å². The van der Waals surface area contributed by atoms with Crippen molar-refractivity contribution in [3.8, 4) is 0 Å². The van der Waals surface area contributed by atoms with Gasteiger partial charge in [-0.15, -0.1) is 0 Å². The summed E-state index contributed by atoms with van der Waals surface area (Å²) in [6.07, 6.45) is 13.1. The summed E-state index contributed by atoms with van der Waals surface area (Å²) < 4.78 is 32.1. The van der Waals surface area contributed by atoms with Gasteiger partial charge in [-0.25, -0.2) is 0 Å². The van der Waals surface area contributed by atoms with Crippen molar-refractivity contribution in [2.45, 2.75) is 84.1 Å². The Kier molecular flexibility index (Phi) is 11.2. The summed E-state index contributed by atoms with van der Waals surface area (Å²) in [6, 6.07) is 4.82. The zero-order valence-electron chi connectivity index (χ0n) is 16.2. The Morgan fingerprint density at radius 1 is 1.00 bits per heavy atom. The number of nitro groups is 1. The molecule has 0 aliphatic heterocycles. The smallest absolute Gasteiger partial charge is 0.273 e. The Morgan fingerprint density at radius 2 is 1.56 bits per heavy atom. The minimum atomic E-state index is -4.38. The number of benzene rings is 1. The van der Waals surface area contributed by atoms with E-state index >= 15 is 0 Å². The van der Waals surface area contributed by atoms with Crippen molar-refractivity contribution in [1.29, 1.82) is 0 Å². The van der Waals surface area contributed by atoms with Crippen LogP contribution < -0.4 is 4.72 Å². The molecule has 0 aliphatic rings. The fraction of sp³-hybridized carbons (Fsp3) is 0.684. The predicted octanol–water partition coefficient (Wildman–Crippen LogP) is 4.95. The first-order chi connectivity index (χ1) is 12.8. The third kappa shape index (κ3) is 11.0. The summed E-state index contributed by atoms with van der Waals surface area (Å²) in [5.74, 6) is 0. The van der Waals surface area contributed by atoms with Crippen LogP contribution in [0, 0.1) is 10.1 Å². The highest BCUT2D eigenvalue weighted by atomic mass is 32.2. The molecule has 7 nitrogen and oxygen atoms in total. The maximum absolute atomic E-state index is 11.2. The lowest BCUT2D eigenvalue weighted by Gasteiger charge is -2.07. The van der Waals surface area contributed by atoms with E-state index < -0.39 is 15.2 Å². The fourth-order valence-corrected chi connectivity index (χ4v) is 3.41. The number of aryl methyl sites for hydroxylation is 1. The molecule has 2 N–H and O–H groups in total. The van der Waals surface area contributed by atoms with E-state index in [0.717, 1.165) is 24.8 Å². The van der Waals surface area contributed by atoms with Gasteiger partial charge in [0, 0.05) is 18.2 Å². The molecule has 0 heterocycles. The maximum Gasteiger partial charge on any atom is 0.333 e. The third-order valence-electron chi connectivity index (χ3n) is 4.61. The highest BCUT2D eigenvalue weighted by molar-refractivity contribution is 7.83. The van der Waals surface area contributed by atoms with Gasteiger partial charge < -0.3 is 0 Å². The second-order valence-corrected chi connectivity index (χ2v) is 8.19. The first kappa shape index (κ1) is 23.5. The lowest BCUT2D eigenvalue weighted by Crippen LogP contribution is -2.22. The van der Waals surface area contributed by atoms with Crippen LogP contribution in [0.15, 0.2) is 18.2 Å². The summed E-state index contributed by atoms with van der Waals surface area (Å²) >= 11 is 0. The Morgan fingerprint density at radius 3 is 2.07 bits per heavy atom. The summed E-state index contributed by atoms with van der Waals surface area (Å²) in [6.45, 7) is 1.91. The fourth-order valence-electron chi connectivity index (χ4n) is 3.07. The average molecular weight is 401 g/mol. The molecule has 27 heavy (non-hydrogen) atoms. The standard InChI is InChI=1S/C19H32N2O5S/c1-2-3-4-5-6-7-8-9-10-11-12-17-13-14-18(16-20-27(24,25)26)19(15-17)21(22)23/h13-15,20H,2-12,16H2,1H3,(H,24,25,26). The lowest BCUT2D eigenvalue weighted by molar-refractivity contribution is -0.385. The summed E-state index contributed by atoms with van der Waals surface area (Å²) in [5, 5.41) is 11.2. The second-order valence-electron chi connectivity index (χ2n) is 6.95. The predicted molar refractivity (Wildman–Crippen MR) is 107 cm³/mol. The van der Waals surface area contributed by atoms with Gasteiger partial charge in [0.15, 0.2) is 0 Å². The molecular weight excluding hydrogens is 368 g/mol. The van der Waals surface area contributed by atoms with E-state index in [1.54, 1.807) is 12.1 Å². The lowest BCUT2D eigenvalue weighted by atomic mass is 10.0. The quantitative estimate of drug-likeness (QED) is 0.187. The molecule has 8 heteroatoms. The van der Waals surface area contributed by atoms with Crippen LogP contribution in [0.25, 0.3) is 0 Å². The summed E-state index contributed by atoms with van der Waals surface area (Å²) in [5.41, 5.74) is 0.969.